The van der Waals surface area contributed by atoms with E-state index in [1.807, 2.05) is 18.2 Å². The molecule has 1 aliphatic rings. The Morgan fingerprint density at radius 3 is 2.95 bits per heavy atom. The molecule has 1 aromatic heterocycles. The van der Waals surface area contributed by atoms with Gasteiger partial charge in [0.05, 0.1) is 0 Å². The van der Waals surface area contributed by atoms with E-state index < -0.39 is 0 Å². The van der Waals surface area contributed by atoms with Crippen LogP contribution in [-0.4, -0.2) is 30.0 Å². The summed E-state index contributed by atoms with van der Waals surface area (Å²) in [5, 5.41) is 7.58. The predicted molar refractivity (Wildman–Crippen MR) is 77.9 cm³/mol. The Kier molecular flexibility index (Phi) is 3.52. The van der Waals surface area contributed by atoms with Crippen molar-refractivity contribution in [3.63, 3.8) is 0 Å². The Hall–Kier alpha value is -2.14. The fourth-order valence-electron chi connectivity index (χ4n) is 2.57. The summed E-state index contributed by atoms with van der Waals surface area (Å²) in [7, 11) is 0. The van der Waals surface area contributed by atoms with Crippen LogP contribution in [0.5, 0.6) is 0 Å². The molecule has 2 heterocycles. The molecule has 3 rings (SSSR count). The van der Waals surface area contributed by atoms with Gasteiger partial charge in [-0.05, 0) is 36.9 Å². The van der Waals surface area contributed by atoms with Crippen molar-refractivity contribution in [2.24, 2.45) is 0 Å². The molecular weight excluding hydrogens is 254 g/mol. The maximum absolute atomic E-state index is 12.2. The van der Waals surface area contributed by atoms with Crippen LogP contribution in [0.4, 0.5) is 0 Å². The van der Waals surface area contributed by atoms with Crippen molar-refractivity contribution < 1.29 is 4.79 Å². The molecule has 20 heavy (non-hydrogen) atoms. The number of benzene rings is 1. The van der Waals surface area contributed by atoms with E-state index in [1.165, 1.54) is 0 Å². The number of rotatable bonds is 2. The predicted octanol–water partition coefficient (Wildman–Crippen LogP) is 1.01. The average molecular weight is 271 g/mol. The van der Waals surface area contributed by atoms with Crippen LogP contribution in [0.1, 0.15) is 23.3 Å². The van der Waals surface area contributed by atoms with Gasteiger partial charge in [0.15, 0.2) is 0 Å². The smallest absolute Gasteiger partial charge is 0.268 e. The summed E-state index contributed by atoms with van der Waals surface area (Å²) in [5.41, 5.74) is 0.0919. The third-order valence-corrected chi connectivity index (χ3v) is 3.63. The van der Waals surface area contributed by atoms with Gasteiger partial charge in [-0.3, -0.25) is 9.59 Å². The first-order valence-electron chi connectivity index (χ1n) is 6.88. The van der Waals surface area contributed by atoms with Gasteiger partial charge in [-0.15, -0.1) is 0 Å². The number of carbonyl (C=O) groups is 1. The second kappa shape index (κ2) is 5.46. The van der Waals surface area contributed by atoms with Crippen LogP contribution in [0.3, 0.4) is 0 Å². The quantitative estimate of drug-likeness (QED) is 0.763. The second-order valence-corrected chi connectivity index (χ2v) is 5.12. The Labute approximate surface area is 116 Å². The van der Waals surface area contributed by atoms with Crippen molar-refractivity contribution in [1.29, 1.82) is 0 Å². The number of piperidine rings is 1. The zero-order valence-electron chi connectivity index (χ0n) is 11.1. The van der Waals surface area contributed by atoms with Crippen LogP contribution < -0.4 is 16.2 Å². The molecule has 1 aromatic carbocycles. The first-order chi connectivity index (χ1) is 9.74. The highest BCUT2D eigenvalue weighted by Gasteiger charge is 2.17. The van der Waals surface area contributed by atoms with E-state index in [0.717, 1.165) is 31.3 Å². The van der Waals surface area contributed by atoms with Crippen LogP contribution in [-0.2, 0) is 0 Å². The van der Waals surface area contributed by atoms with Crippen LogP contribution >= 0.6 is 0 Å². The summed E-state index contributed by atoms with van der Waals surface area (Å²) in [6.07, 6.45) is 2.02. The molecule has 0 unspecified atom stereocenters. The minimum absolute atomic E-state index is 0.131. The number of hydrogen-bond acceptors (Lipinski definition) is 3. The van der Waals surface area contributed by atoms with Gasteiger partial charge in [0.2, 0.25) is 0 Å². The SMILES string of the molecule is O=C(N[C@H]1CCCNC1)c1cc2ccccc2c(=O)[nH]1. The maximum Gasteiger partial charge on any atom is 0.268 e. The van der Waals surface area contributed by atoms with Gasteiger partial charge in [0, 0.05) is 18.0 Å². The Balaban J connectivity index is 1.86. The molecule has 0 saturated carbocycles. The fraction of sp³-hybridized carbons (Fsp3) is 0.333. The van der Waals surface area contributed by atoms with E-state index in [2.05, 4.69) is 15.6 Å². The van der Waals surface area contributed by atoms with Gasteiger partial charge in [-0.25, -0.2) is 0 Å². The molecule has 0 spiro atoms. The largest absolute Gasteiger partial charge is 0.347 e. The highest BCUT2D eigenvalue weighted by atomic mass is 16.2. The molecule has 5 heteroatoms. The van der Waals surface area contributed by atoms with E-state index in [9.17, 15) is 9.59 Å². The summed E-state index contributed by atoms with van der Waals surface area (Å²) in [5.74, 6) is -0.221. The lowest BCUT2D eigenvalue weighted by Gasteiger charge is -2.23. The van der Waals surface area contributed by atoms with E-state index >= 15 is 0 Å². The zero-order valence-corrected chi connectivity index (χ0v) is 11.1. The van der Waals surface area contributed by atoms with Gasteiger partial charge in [-0.2, -0.15) is 0 Å². The van der Waals surface area contributed by atoms with Crippen LogP contribution in [0.25, 0.3) is 10.8 Å². The Morgan fingerprint density at radius 2 is 2.15 bits per heavy atom. The van der Waals surface area contributed by atoms with Crippen LogP contribution in [0.15, 0.2) is 35.1 Å². The molecule has 0 radical (unpaired) electrons. The zero-order chi connectivity index (χ0) is 13.9. The van der Waals surface area contributed by atoms with Crippen molar-refractivity contribution in [1.82, 2.24) is 15.6 Å². The Bertz CT molecular complexity index is 687. The molecule has 1 saturated heterocycles. The minimum Gasteiger partial charge on any atom is -0.347 e. The molecule has 0 aliphatic carbocycles. The normalized spacial score (nSPS) is 18.9. The molecule has 1 amide bonds. The fourth-order valence-corrected chi connectivity index (χ4v) is 2.57. The van der Waals surface area contributed by atoms with Gasteiger partial charge in [0.25, 0.3) is 11.5 Å². The summed E-state index contributed by atoms with van der Waals surface area (Å²) >= 11 is 0. The van der Waals surface area contributed by atoms with Crippen LogP contribution in [0, 0.1) is 0 Å². The molecular formula is C15H17N3O2. The van der Waals surface area contributed by atoms with Crippen molar-refractivity contribution in [3.8, 4) is 0 Å². The molecule has 3 N–H and O–H groups in total. The van der Waals surface area contributed by atoms with Crippen molar-refractivity contribution in [3.05, 3.63) is 46.4 Å². The third kappa shape index (κ3) is 2.58. The monoisotopic (exact) mass is 271 g/mol. The summed E-state index contributed by atoms with van der Waals surface area (Å²) in [4.78, 5) is 26.8. The number of nitrogens with one attached hydrogen (secondary N) is 3. The first-order valence-corrected chi connectivity index (χ1v) is 6.88. The van der Waals surface area contributed by atoms with E-state index in [1.54, 1.807) is 12.1 Å². The lowest BCUT2D eigenvalue weighted by atomic mass is 10.1. The second-order valence-electron chi connectivity index (χ2n) is 5.12. The number of carbonyl (C=O) groups excluding carboxylic acids is 1. The van der Waals surface area contributed by atoms with Gasteiger partial charge >= 0.3 is 0 Å². The van der Waals surface area contributed by atoms with Crippen LogP contribution in [0.2, 0.25) is 0 Å². The van der Waals surface area contributed by atoms with Crippen molar-refractivity contribution in [2.45, 2.75) is 18.9 Å². The van der Waals surface area contributed by atoms with E-state index in [0.29, 0.717) is 11.1 Å². The maximum atomic E-state index is 12.2. The lowest BCUT2D eigenvalue weighted by molar-refractivity contribution is 0.0925. The summed E-state index contributed by atoms with van der Waals surface area (Å²) in [6, 6.07) is 9.11. The lowest BCUT2D eigenvalue weighted by Crippen LogP contribution is -2.46. The summed E-state index contributed by atoms with van der Waals surface area (Å²) in [6.45, 7) is 1.78. The number of H-pyrrole nitrogens is 1. The highest BCUT2D eigenvalue weighted by molar-refractivity contribution is 5.96. The van der Waals surface area contributed by atoms with Crippen molar-refractivity contribution >= 4 is 16.7 Å². The minimum atomic E-state index is -0.227. The molecule has 1 atom stereocenters. The molecule has 0 bridgehead atoms. The van der Waals surface area contributed by atoms with Gasteiger partial charge in [-0.1, -0.05) is 18.2 Å². The molecule has 5 nitrogen and oxygen atoms in total. The van der Waals surface area contributed by atoms with E-state index in [-0.39, 0.29) is 17.5 Å². The molecule has 1 fully saturated rings. The number of amides is 1. The number of pyridine rings is 1. The molecule has 1 aliphatic heterocycles. The topological polar surface area (TPSA) is 74.0 Å². The first kappa shape index (κ1) is 12.9. The molecule has 104 valence electrons. The third-order valence-electron chi connectivity index (χ3n) is 3.63. The highest BCUT2D eigenvalue weighted by Crippen LogP contribution is 2.10. The van der Waals surface area contributed by atoms with E-state index in [4.69, 9.17) is 0 Å². The number of aromatic nitrogens is 1. The standard InChI is InChI=1S/C15H17N3O2/c19-14-12-6-2-1-4-10(12)8-13(18-14)15(20)17-11-5-3-7-16-9-11/h1-2,4,6,8,11,16H,3,5,7,9H2,(H,17,20)(H,18,19)/t11-/m0/s1. The van der Waals surface area contributed by atoms with Crippen molar-refractivity contribution in [2.75, 3.05) is 13.1 Å². The molecule has 2 aromatic rings. The van der Waals surface area contributed by atoms with Gasteiger partial charge < -0.3 is 15.6 Å². The average Bonchev–Trinajstić information content (AvgIpc) is 2.48. The Morgan fingerprint density at radius 1 is 1.30 bits per heavy atom. The number of hydrogen-bond donors (Lipinski definition) is 3. The number of fused-ring (bicyclic) bond motifs is 1. The number of aromatic amines is 1. The van der Waals surface area contributed by atoms with Gasteiger partial charge in [0.1, 0.15) is 5.69 Å². The summed E-state index contributed by atoms with van der Waals surface area (Å²) < 4.78 is 0.